The zero-order valence-electron chi connectivity index (χ0n) is 10.5. The maximum Gasteiger partial charge on any atom is 0.228 e. The minimum atomic E-state index is -0.120. The summed E-state index contributed by atoms with van der Waals surface area (Å²) in [7, 11) is 0. The lowest BCUT2D eigenvalue weighted by Crippen LogP contribution is -2.15. The van der Waals surface area contributed by atoms with Gasteiger partial charge in [0.05, 0.1) is 13.0 Å². The average molecular weight is 256 g/mol. The summed E-state index contributed by atoms with van der Waals surface area (Å²) in [5, 5.41) is 12.0. The molecule has 0 radical (unpaired) electrons. The maximum absolute atomic E-state index is 11.9. The van der Waals surface area contributed by atoms with Gasteiger partial charge in [0, 0.05) is 16.9 Å². The Labute approximate surface area is 111 Å². The minimum absolute atomic E-state index is 0.0989. The number of carbonyl (C=O) groups is 1. The summed E-state index contributed by atoms with van der Waals surface area (Å²) >= 11 is 0. The van der Waals surface area contributed by atoms with Gasteiger partial charge in [0.25, 0.3) is 0 Å². The van der Waals surface area contributed by atoms with E-state index in [2.05, 4.69) is 5.32 Å². The lowest BCUT2D eigenvalue weighted by atomic mass is 10.1. The Morgan fingerprint density at radius 1 is 1.11 bits per heavy atom. The van der Waals surface area contributed by atoms with Crippen molar-refractivity contribution in [3.05, 3.63) is 59.7 Å². The molecule has 2 aromatic rings. The monoisotopic (exact) mass is 256 g/mol. The Balaban J connectivity index is 2.03. The predicted molar refractivity (Wildman–Crippen MR) is 75.6 cm³/mol. The molecule has 2 rings (SSSR count). The number of anilines is 2. The van der Waals surface area contributed by atoms with Crippen LogP contribution in [-0.2, 0) is 17.8 Å². The van der Waals surface area contributed by atoms with Gasteiger partial charge in [-0.05, 0) is 23.8 Å². The molecule has 0 bridgehead atoms. The van der Waals surface area contributed by atoms with Crippen molar-refractivity contribution >= 4 is 17.3 Å². The number of benzene rings is 2. The van der Waals surface area contributed by atoms with E-state index in [-0.39, 0.29) is 18.9 Å². The molecular weight excluding hydrogens is 240 g/mol. The number of aliphatic hydroxyl groups excluding tert-OH is 1. The van der Waals surface area contributed by atoms with Crippen LogP contribution < -0.4 is 11.1 Å². The molecular formula is C15H16N2O2. The van der Waals surface area contributed by atoms with Gasteiger partial charge in [0.2, 0.25) is 5.91 Å². The van der Waals surface area contributed by atoms with Gasteiger partial charge in [0.15, 0.2) is 0 Å². The number of carbonyl (C=O) groups excluding carboxylic acids is 1. The van der Waals surface area contributed by atoms with Crippen molar-refractivity contribution in [2.45, 2.75) is 13.0 Å². The van der Waals surface area contributed by atoms with Gasteiger partial charge < -0.3 is 16.2 Å². The first-order chi connectivity index (χ1) is 9.19. The molecule has 0 fully saturated rings. The van der Waals surface area contributed by atoms with Crippen molar-refractivity contribution in [1.82, 2.24) is 0 Å². The number of hydrogen-bond donors (Lipinski definition) is 3. The number of amides is 1. The number of nitrogens with two attached hydrogens (primary N) is 1. The quantitative estimate of drug-likeness (QED) is 0.732. The Hall–Kier alpha value is -2.33. The van der Waals surface area contributed by atoms with E-state index in [0.29, 0.717) is 16.9 Å². The topological polar surface area (TPSA) is 75.4 Å². The van der Waals surface area contributed by atoms with Crippen LogP contribution in [-0.4, -0.2) is 11.0 Å². The molecule has 0 heterocycles. The molecule has 4 N–H and O–H groups in total. The van der Waals surface area contributed by atoms with Gasteiger partial charge >= 0.3 is 0 Å². The molecule has 0 saturated heterocycles. The first-order valence-corrected chi connectivity index (χ1v) is 6.02. The van der Waals surface area contributed by atoms with Gasteiger partial charge in [-0.25, -0.2) is 0 Å². The number of aliphatic hydroxyl groups is 1. The fourth-order valence-corrected chi connectivity index (χ4v) is 1.80. The SMILES string of the molecule is Nc1ccc(CC(=O)Nc2ccccc2CO)cc1. The first-order valence-electron chi connectivity index (χ1n) is 6.02. The van der Waals surface area contributed by atoms with Gasteiger partial charge in [-0.1, -0.05) is 30.3 Å². The molecule has 0 aliphatic carbocycles. The third-order valence-electron chi connectivity index (χ3n) is 2.81. The largest absolute Gasteiger partial charge is 0.399 e. The summed E-state index contributed by atoms with van der Waals surface area (Å²) in [4.78, 5) is 11.9. The van der Waals surface area contributed by atoms with Gasteiger partial charge in [-0.15, -0.1) is 0 Å². The molecule has 19 heavy (non-hydrogen) atoms. The maximum atomic E-state index is 11.9. The highest BCUT2D eigenvalue weighted by Crippen LogP contribution is 2.15. The molecule has 98 valence electrons. The number of hydrogen-bond acceptors (Lipinski definition) is 3. The molecule has 1 amide bonds. The summed E-state index contributed by atoms with van der Waals surface area (Å²) in [5.41, 5.74) is 8.51. The lowest BCUT2D eigenvalue weighted by Gasteiger charge is -2.09. The van der Waals surface area contributed by atoms with Crippen molar-refractivity contribution < 1.29 is 9.90 Å². The van der Waals surface area contributed by atoms with Crippen LogP contribution in [0.4, 0.5) is 11.4 Å². The van der Waals surface area contributed by atoms with E-state index in [9.17, 15) is 9.90 Å². The standard InChI is InChI=1S/C15H16N2O2/c16-13-7-5-11(6-8-13)9-15(19)17-14-4-2-1-3-12(14)10-18/h1-8,18H,9-10,16H2,(H,17,19). The van der Waals surface area contributed by atoms with Crippen molar-refractivity contribution in [3.8, 4) is 0 Å². The van der Waals surface area contributed by atoms with E-state index in [4.69, 9.17) is 5.73 Å². The highest BCUT2D eigenvalue weighted by Gasteiger charge is 2.06. The van der Waals surface area contributed by atoms with Crippen LogP contribution in [0.1, 0.15) is 11.1 Å². The highest BCUT2D eigenvalue weighted by atomic mass is 16.3. The normalized spacial score (nSPS) is 10.2. The van der Waals surface area contributed by atoms with Crippen molar-refractivity contribution in [3.63, 3.8) is 0 Å². The Morgan fingerprint density at radius 2 is 1.79 bits per heavy atom. The van der Waals surface area contributed by atoms with Crippen LogP contribution in [0.2, 0.25) is 0 Å². The van der Waals surface area contributed by atoms with Crippen LogP contribution in [0.5, 0.6) is 0 Å². The van der Waals surface area contributed by atoms with Crippen LogP contribution >= 0.6 is 0 Å². The van der Waals surface area contributed by atoms with E-state index in [0.717, 1.165) is 5.56 Å². The first kappa shape index (κ1) is 13.1. The third-order valence-corrected chi connectivity index (χ3v) is 2.81. The van der Waals surface area contributed by atoms with Crippen LogP contribution in [0, 0.1) is 0 Å². The Morgan fingerprint density at radius 3 is 2.47 bits per heavy atom. The van der Waals surface area contributed by atoms with E-state index in [1.807, 2.05) is 24.3 Å². The number of rotatable bonds is 4. The Bertz CT molecular complexity index is 565. The molecule has 0 atom stereocenters. The molecule has 0 aromatic heterocycles. The second-order valence-corrected chi connectivity index (χ2v) is 4.28. The number of nitrogen functional groups attached to an aromatic ring is 1. The van der Waals surface area contributed by atoms with Crippen LogP contribution in [0.3, 0.4) is 0 Å². The van der Waals surface area contributed by atoms with E-state index in [1.54, 1.807) is 24.3 Å². The number of para-hydroxylation sites is 1. The highest BCUT2D eigenvalue weighted by molar-refractivity contribution is 5.93. The second kappa shape index (κ2) is 6.02. The summed E-state index contributed by atoms with van der Waals surface area (Å²) < 4.78 is 0. The fourth-order valence-electron chi connectivity index (χ4n) is 1.80. The molecule has 4 heteroatoms. The molecule has 0 spiro atoms. The summed E-state index contributed by atoms with van der Waals surface area (Å²) in [6.45, 7) is -0.0989. The van der Waals surface area contributed by atoms with Crippen molar-refractivity contribution in [2.75, 3.05) is 11.1 Å². The van der Waals surface area contributed by atoms with E-state index in [1.165, 1.54) is 0 Å². The van der Waals surface area contributed by atoms with Gasteiger partial charge in [0.1, 0.15) is 0 Å². The smallest absolute Gasteiger partial charge is 0.228 e. The Kier molecular flexibility index (Phi) is 4.15. The summed E-state index contributed by atoms with van der Waals surface area (Å²) in [6, 6.07) is 14.4. The average Bonchev–Trinajstić information content (AvgIpc) is 2.42. The van der Waals surface area contributed by atoms with Crippen LogP contribution in [0.15, 0.2) is 48.5 Å². The zero-order chi connectivity index (χ0) is 13.7. The summed E-state index contributed by atoms with van der Waals surface area (Å²) in [6.07, 6.45) is 0.278. The van der Waals surface area contributed by atoms with Gasteiger partial charge in [-0.2, -0.15) is 0 Å². The third kappa shape index (κ3) is 3.56. The van der Waals surface area contributed by atoms with Crippen molar-refractivity contribution in [2.24, 2.45) is 0 Å². The van der Waals surface area contributed by atoms with Gasteiger partial charge in [-0.3, -0.25) is 4.79 Å². The molecule has 2 aromatic carbocycles. The zero-order valence-corrected chi connectivity index (χ0v) is 10.5. The molecule has 0 unspecified atom stereocenters. The second-order valence-electron chi connectivity index (χ2n) is 4.28. The molecule has 4 nitrogen and oxygen atoms in total. The number of nitrogens with one attached hydrogen (secondary N) is 1. The van der Waals surface area contributed by atoms with E-state index >= 15 is 0 Å². The fraction of sp³-hybridized carbons (Fsp3) is 0.133. The molecule has 0 aliphatic heterocycles. The molecule has 0 aliphatic rings. The van der Waals surface area contributed by atoms with E-state index < -0.39 is 0 Å². The predicted octanol–water partition coefficient (Wildman–Crippen LogP) is 1.94. The van der Waals surface area contributed by atoms with Crippen molar-refractivity contribution in [1.29, 1.82) is 0 Å². The minimum Gasteiger partial charge on any atom is -0.399 e. The van der Waals surface area contributed by atoms with Crippen LogP contribution in [0.25, 0.3) is 0 Å². The molecule has 0 saturated carbocycles. The lowest BCUT2D eigenvalue weighted by molar-refractivity contribution is -0.115. The summed E-state index contributed by atoms with van der Waals surface area (Å²) in [5.74, 6) is -0.120.